The second-order valence-corrected chi connectivity index (χ2v) is 11.7. The Morgan fingerprint density at radius 1 is 0.841 bits per heavy atom. The molecule has 4 rings (SSSR count). The third kappa shape index (κ3) is 7.71. The molecule has 244 valence electrons. The standard InChI is InChI=1S/C34H50N2O8/c1-5-6-7-8-9-10-11-12-13-14-15-35-36-34(39)31-25(20-37)32(38)24-19-27-26(43-21-44-27)18-23(24)30(31)22-16-28(40-2)33(42-4)29(17-22)41-3/h16-19,25,30-32,35,37-38H,5-15,20-21H2,1-4H3,(H,36,39)/t25-,30+,31+,32-/m1/s1. The van der Waals surface area contributed by atoms with Crippen LogP contribution < -0.4 is 34.5 Å². The van der Waals surface area contributed by atoms with E-state index in [1.807, 2.05) is 18.2 Å². The van der Waals surface area contributed by atoms with E-state index in [-0.39, 0.29) is 12.7 Å². The number of carbonyl (C=O) groups excluding carboxylic acids is 1. The van der Waals surface area contributed by atoms with Crippen LogP contribution in [0.25, 0.3) is 0 Å². The zero-order valence-electron chi connectivity index (χ0n) is 26.7. The van der Waals surface area contributed by atoms with Gasteiger partial charge in [0.05, 0.1) is 33.4 Å². The largest absolute Gasteiger partial charge is 0.493 e. The minimum Gasteiger partial charge on any atom is -0.493 e. The minimum atomic E-state index is -1.10. The first-order valence-corrected chi connectivity index (χ1v) is 16.0. The molecule has 2 aliphatic rings. The molecule has 0 saturated carbocycles. The van der Waals surface area contributed by atoms with E-state index in [1.165, 1.54) is 72.7 Å². The predicted molar refractivity (Wildman–Crippen MR) is 168 cm³/mol. The maximum atomic E-state index is 13.9. The summed E-state index contributed by atoms with van der Waals surface area (Å²) < 4.78 is 28.1. The van der Waals surface area contributed by atoms with E-state index in [9.17, 15) is 15.0 Å². The maximum Gasteiger partial charge on any atom is 0.238 e. The van der Waals surface area contributed by atoms with Gasteiger partial charge in [-0.2, -0.15) is 0 Å². The highest BCUT2D eigenvalue weighted by Gasteiger charge is 2.47. The lowest BCUT2D eigenvalue weighted by molar-refractivity contribution is -0.132. The number of unbranched alkanes of at least 4 members (excludes halogenated alkanes) is 9. The highest BCUT2D eigenvalue weighted by atomic mass is 16.7. The molecule has 10 nitrogen and oxygen atoms in total. The fourth-order valence-corrected chi connectivity index (χ4v) is 6.53. The highest BCUT2D eigenvalue weighted by Crippen LogP contribution is 2.53. The van der Waals surface area contributed by atoms with Gasteiger partial charge >= 0.3 is 0 Å². The van der Waals surface area contributed by atoms with Crippen LogP contribution in [0.4, 0.5) is 0 Å². The van der Waals surface area contributed by atoms with Crippen molar-refractivity contribution in [1.82, 2.24) is 10.9 Å². The molecule has 4 N–H and O–H groups in total. The summed E-state index contributed by atoms with van der Waals surface area (Å²) in [7, 11) is 4.61. The number of aliphatic hydroxyl groups is 2. The van der Waals surface area contributed by atoms with Gasteiger partial charge < -0.3 is 33.9 Å². The van der Waals surface area contributed by atoms with Gasteiger partial charge in [0, 0.05) is 25.0 Å². The Kier molecular flexibility index (Phi) is 12.8. The van der Waals surface area contributed by atoms with E-state index >= 15 is 0 Å². The molecule has 0 fully saturated rings. The van der Waals surface area contributed by atoms with Crippen LogP contribution in [-0.2, 0) is 4.79 Å². The molecule has 0 spiro atoms. The molecule has 0 radical (unpaired) electrons. The van der Waals surface area contributed by atoms with Crippen molar-refractivity contribution in [1.29, 1.82) is 0 Å². The van der Waals surface area contributed by atoms with Crippen LogP contribution in [0.3, 0.4) is 0 Å². The van der Waals surface area contributed by atoms with E-state index in [1.54, 1.807) is 6.07 Å². The van der Waals surface area contributed by atoms with Crippen molar-refractivity contribution in [3.63, 3.8) is 0 Å². The quantitative estimate of drug-likeness (QED) is 0.129. The van der Waals surface area contributed by atoms with E-state index in [4.69, 9.17) is 23.7 Å². The van der Waals surface area contributed by atoms with Crippen molar-refractivity contribution in [3.8, 4) is 28.7 Å². The molecule has 1 aliphatic carbocycles. The summed E-state index contributed by atoms with van der Waals surface area (Å²) in [4.78, 5) is 13.9. The van der Waals surface area contributed by atoms with Crippen molar-refractivity contribution in [2.75, 3.05) is 41.3 Å². The number of nitrogens with one attached hydrogen (secondary N) is 2. The second-order valence-electron chi connectivity index (χ2n) is 11.7. The fourth-order valence-electron chi connectivity index (χ4n) is 6.53. The van der Waals surface area contributed by atoms with Crippen molar-refractivity contribution < 1.29 is 38.7 Å². The Labute approximate surface area is 261 Å². The van der Waals surface area contributed by atoms with Gasteiger partial charge in [0.2, 0.25) is 18.4 Å². The molecule has 1 heterocycles. The van der Waals surface area contributed by atoms with Gasteiger partial charge in [0.25, 0.3) is 0 Å². The van der Waals surface area contributed by atoms with E-state index in [2.05, 4.69) is 17.8 Å². The highest BCUT2D eigenvalue weighted by molar-refractivity contribution is 5.81. The summed E-state index contributed by atoms with van der Waals surface area (Å²) >= 11 is 0. The molecule has 0 saturated heterocycles. The summed E-state index contributed by atoms with van der Waals surface area (Å²) in [6, 6.07) is 7.18. The number of hydrogen-bond donors (Lipinski definition) is 4. The van der Waals surface area contributed by atoms with Gasteiger partial charge in [-0.1, -0.05) is 64.7 Å². The average molecular weight is 615 g/mol. The summed E-state index contributed by atoms with van der Waals surface area (Å²) in [6.07, 6.45) is 11.2. The number of hydrazine groups is 1. The normalized spacial score (nSPS) is 20.2. The van der Waals surface area contributed by atoms with E-state index in [0.717, 1.165) is 12.8 Å². The van der Waals surface area contributed by atoms with Crippen LogP contribution in [0.1, 0.15) is 99.8 Å². The summed E-state index contributed by atoms with van der Waals surface area (Å²) in [5.41, 5.74) is 7.96. The molecule has 10 heteroatoms. The molecule has 0 bridgehead atoms. The van der Waals surface area contributed by atoms with Crippen LogP contribution in [0.2, 0.25) is 0 Å². The number of carbonyl (C=O) groups is 1. The summed E-state index contributed by atoms with van der Waals surface area (Å²) in [6.45, 7) is 2.54. The Morgan fingerprint density at radius 2 is 1.41 bits per heavy atom. The van der Waals surface area contributed by atoms with Crippen molar-refractivity contribution in [3.05, 3.63) is 41.0 Å². The topological polar surface area (TPSA) is 128 Å². The first kappa shape index (κ1) is 33.7. The molecule has 4 atom stereocenters. The summed E-state index contributed by atoms with van der Waals surface area (Å²) in [5.74, 6) is -0.151. The number of rotatable bonds is 18. The maximum absolute atomic E-state index is 13.9. The van der Waals surface area contributed by atoms with Crippen LogP contribution >= 0.6 is 0 Å². The van der Waals surface area contributed by atoms with Crippen molar-refractivity contribution in [2.45, 2.75) is 83.2 Å². The van der Waals surface area contributed by atoms with Crippen LogP contribution in [0, 0.1) is 11.8 Å². The third-order valence-electron chi connectivity index (χ3n) is 8.88. The van der Waals surface area contributed by atoms with Gasteiger partial charge in [-0.3, -0.25) is 10.2 Å². The first-order valence-electron chi connectivity index (χ1n) is 16.0. The number of amides is 1. The third-order valence-corrected chi connectivity index (χ3v) is 8.88. The SMILES string of the molecule is CCCCCCCCCCCCNNC(=O)[C@@H]1[C@@H](c2cc(OC)c(OC)c(OC)c2)c2cc3c(cc2[C@@H](O)[C@@H]1CO)OCO3. The number of benzene rings is 2. The second kappa shape index (κ2) is 16.7. The monoisotopic (exact) mass is 614 g/mol. The van der Waals surface area contributed by atoms with Crippen LogP contribution in [0.15, 0.2) is 24.3 Å². The Morgan fingerprint density at radius 3 is 1.95 bits per heavy atom. The minimum absolute atomic E-state index is 0.0688. The number of fused-ring (bicyclic) bond motifs is 2. The zero-order chi connectivity index (χ0) is 31.5. The number of hydrogen-bond acceptors (Lipinski definition) is 9. The summed E-state index contributed by atoms with van der Waals surface area (Å²) in [5, 5.41) is 22.0. The molecule has 1 aliphatic heterocycles. The predicted octanol–water partition coefficient (Wildman–Crippen LogP) is 5.39. The lowest BCUT2D eigenvalue weighted by Crippen LogP contribution is -2.49. The van der Waals surface area contributed by atoms with Gasteiger partial charge in [-0.25, -0.2) is 5.43 Å². The number of aliphatic hydroxyl groups excluding tert-OH is 2. The number of ether oxygens (including phenoxy) is 5. The molecule has 44 heavy (non-hydrogen) atoms. The lowest BCUT2D eigenvalue weighted by Gasteiger charge is -2.41. The molecule has 1 amide bonds. The van der Waals surface area contributed by atoms with Crippen molar-refractivity contribution >= 4 is 5.91 Å². The van der Waals surface area contributed by atoms with Crippen LogP contribution in [-0.4, -0.2) is 57.4 Å². The Hall–Kier alpha value is -3.21. The number of methoxy groups -OCH3 is 3. The van der Waals surface area contributed by atoms with Gasteiger partial charge in [0.15, 0.2) is 23.0 Å². The fraction of sp³-hybridized carbons (Fsp3) is 0.618. The van der Waals surface area contributed by atoms with Gasteiger partial charge in [-0.05, 0) is 47.4 Å². The smallest absolute Gasteiger partial charge is 0.238 e. The molecular formula is C34H50N2O8. The molecule has 0 unspecified atom stereocenters. The average Bonchev–Trinajstić information content (AvgIpc) is 3.51. The van der Waals surface area contributed by atoms with Gasteiger partial charge in [-0.15, -0.1) is 0 Å². The van der Waals surface area contributed by atoms with Gasteiger partial charge in [0.1, 0.15) is 0 Å². The molecule has 2 aromatic rings. The zero-order valence-corrected chi connectivity index (χ0v) is 26.7. The molecular weight excluding hydrogens is 564 g/mol. The van der Waals surface area contributed by atoms with E-state index < -0.39 is 30.5 Å². The molecule has 2 aromatic carbocycles. The van der Waals surface area contributed by atoms with Crippen LogP contribution in [0.5, 0.6) is 28.7 Å². The van der Waals surface area contributed by atoms with Crippen molar-refractivity contribution in [2.24, 2.45) is 11.8 Å². The first-order chi connectivity index (χ1) is 21.5. The molecule has 0 aromatic heterocycles. The lowest BCUT2D eigenvalue weighted by atomic mass is 9.65. The Balaban J connectivity index is 1.52. The van der Waals surface area contributed by atoms with E-state index in [0.29, 0.717) is 52.0 Å². The Bertz CT molecular complexity index is 1200.